The average molecular weight is 384 g/mol. The van der Waals surface area contributed by atoms with Crippen LogP contribution < -0.4 is 10.5 Å². The van der Waals surface area contributed by atoms with Gasteiger partial charge in [-0.3, -0.25) is 9.59 Å². The number of nitrogens with one attached hydrogen (secondary N) is 1. The summed E-state index contributed by atoms with van der Waals surface area (Å²) in [6.45, 7) is 11.3. The van der Waals surface area contributed by atoms with Crippen LogP contribution in [-0.2, 0) is 9.53 Å². The number of pyridine rings is 1. The molecule has 0 amide bonds. The van der Waals surface area contributed by atoms with Crippen LogP contribution >= 0.6 is 0 Å². The van der Waals surface area contributed by atoms with E-state index in [0.29, 0.717) is 30.2 Å². The number of aryl methyl sites for hydroxylation is 1. The lowest BCUT2D eigenvalue weighted by molar-refractivity contribution is -0.156. The van der Waals surface area contributed by atoms with Gasteiger partial charge < -0.3 is 14.6 Å². The molecule has 3 rings (SSSR count). The summed E-state index contributed by atoms with van der Waals surface area (Å²) in [6, 6.07) is 3.81. The van der Waals surface area contributed by atoms with Gasteiger partial charge in [0.25, 0.3) is 5.56 Å². The van der Waals surface area contributed by atoms with Crippen molar-refractivity contribution < 1.29 is 9.53 Å². The molecule has 1 unspecified atom stereocenters. The molecule has 0 saturated carbocycles. The van der Waals surface area contributed by atoms with E-state index >= 15 is 0 Å². The number of H-pyrrole nitrogens is 1. The SMILES string of the molecule is CCOC(=O)C1(C(C)C)CCN(c2ccc(-c3nc(C)c(C)c(=O)[nH]3)cn2)C1. The molecule has 1 atom stereocenters. The maximum atomic E-state index is 12.6. The predicted octanol–water partition coefficient (Wildman–Crippen LogP) is 2.86. The largest absolute Gasteiger partial charge is 0.466 e. The monoisotopic (exact) mass is 384 g/mol. The lowest BCUT2D eigenvalue weighted by Crippen LogP contribution is -2.40. The van der Waals surface area contributed by atoms with Crippen LogP contribution in [-0.4, -0.2) is 40.6 Å². The molecule has 7 nitrogen and oxygen atoms in total. The minimum atomic E-state index is -0.503. The van der Waals surface area contributed by atoms with Gasteiger partial charge in [-0.25, -0.2) is 9.97 Å². The number of carbonyl (C=O) groups is 1. The summed E-state index contributed by atoms with van der Waals surface area (Å²) in [5, 5.41) is 0. The van der Waals surface area contributed by atoms with Crippen molar-refractivity contribution in [3.05, 3.63) is 39.9 Å². The molecular formula is C21H28N4O3. The number of rotatable bonds is 5. The predicted molar refractivity (Wildman–Crippen MR) is 108 cm³/mol. The molecule has 3 heterocycles. The number of nitrogens with zero attached hydrogens (tertiary/aromatic N) is 3. The van der Waals surface area contributed by atoms with Gasteiger partial charge in [-0.05, 0) is 45.2 Å². The highest BCUT2D eigenvalue weighted by Crippen LogP contribution is 2.40. The maximum absolute atomic E-state index is 12.6. The number of aromatic amines is 1. The maximum Gasteiger partial charge on any atom is 0.314 e. The van der Waals surface area contributed by atoms with Gasteiger partial charge in [0.1, 0.15) is 11.6 Å². The Morgan fingerprint density at radius 2 is 2.11 bits per heavy atom. The molecule has 1 aliphatic heterocycles. The second-order valence-electron chi connectivity index (χ2n) is 7.73. The number of anilines is 1. The van der Waals surface area contributed by atoms with Gasteiger partial charge in [-0.1, -0.05) is 13.8 Å². The molecule has 28 heavy (non-hydrogen) atoms. The third-order valence-corrected chi connectivity index (χ3v) is 5.83. The normalized spacial score (nSPS) is 19.3. The fourth-order valence-electron chi connectivity index (χ4n) is 3.67. The lowest BCUT2D eigenvalue weighted by atomic mass is 9.76. The van der Waals surface area contributed by atoms with Crippen LogP contribution in [0.4, 0.5) is 5.82 Å². The van der Waals surface area contributed by atoms with E-state index in [2.05, 4.69) is 33.7 Å². The number of hydrogen-bond acceptors (Lipinski definition) is 6. The third kappa shape index (κ3) is 3.53. The molecule has 7 heteroatoms. The van der Waals surface area contributed by atoms with E-state index in [1.165, 1.54) is 0 Å². The van der Waals surface area contributed by atoms with Crippen molar-refractivity contribution >= 4 is 11.8 Å². The quantitative estimate of drug-likeness (QED) is 0.798. The molecule has 0 radical (unpaired) electrons. The summed E-state index contributed by atoms with van der Waals surface area (Å²) in [5.74, 6) is 1.38. The molecule has 0 spiro atoms. The molecule has 1 aliphatic rings. The zero-order valence-corrected chi connectivity index (χ0v) is 17.2. The number of carbonyl (C=O) groups excluding carboxylic acids is 1. The summed E-state index contributed by atoms with van der Waals surface area (Å²) in [7, 11) is 0. The topological polar surface area (TPSA) is 88.2 Å². The number of ether oxygens (including phenoxy) is 1. The highest BCUT2D eigenvalue weighted by molar-refractivity contribution is 5.79. The van der Waals surface area contributed by atoms with Gasteiger partial charge >= 0.3 is 5.97 Å². The summed E-state index contributed by atoms with van der Waals surface area (Å²) in [6.07, 6.45) is 2.46. The van der Waals surface area contributed by atoms with Crippen LogP contribution in [0.15, 0.2) is 23.1 Å². The molecular weight excluding hydrogens is 356 g/mol. The van der Waals surface area contributed by atoms with Gasteiger partial charge in [0, 0.05) is 36.1 Å². The van der Waals surface area contributed by atoms with E-state index in [-0.39, 0.29) is 17.4 Å². The van der Waals surface area contributed by atoms with Crippen LogP contribution in [0, 0.1) is 25.2 Å². The Labute approximate surface area is 165 Å². The minimum absolute atomic E-state index is 0.124. The molecule has 1 N–H and O–H groups in total. The summed E-state index contributed by atoms with van der Waals surface area (Å²) in [5.41, 5.74) is 1.44. The third-order valence-electron chi connectivity index (χ3n) is 5.83. The van der Waals surface area contributed by atoms with E-state index in [9.17, 15) is 9.59 Å². The number of hydrogen-bond donors (Lipinski definition) is 1. The first-order valence-electron chi connectivity index (χ1n) is 9.74. The van der Waals surface area contributed by atoms with Crippen molar-refractivity contribution in [2.45, 2.75) is 41.0 Å². The number of aromatic nitrogens is 3. The molecule has 1 saturated heterocycles. The Kier molecular flexibility index (Phi) is 5.54. The first-order valence-corrected chi connectivity index (χ1v) is 9.74. The summed E-state index contributed by atoms with van der Waals surface area (Å²) >= 11 is 0. The standard InChI is InChI=1S/C21H28N4O3/c1-6-28-20(27)21(13(2)3)9-10-25(12-21)17-8-7-16(11-22-17)18-23-15(5)14(4)19(26)24-18/h7-8,11,13H,6,9-10,12H2,1-5H3,(H,23,24,26). The van der Waals surface area contributed by atoms with Crippen LogP contribution in [0.2, 0.25) is 0 Å². The van der Waals surface area contributed by atoms with Crippen molar-refractivity contribution in [2.24, 2.45) is 11.3 Å². The van der Waals surface area contributed by atoms with Gasteiger partial charge in [-0.2, -0.15) is 0 Å². The Bertz CT molecular complexity index is 920. The van der Waals surface area contributed by atoms with E-state index in [1.54, 1.807) is 13.1 Å². The first kappa shape index (κ1) is 20.0. The van der Waals surface area contributed by atoms with Crippen molar-refractivity contribution in [1.29, 1.82) is 0 Å². The molecule has 0 bridgehead atoms. The molecule has 0 aromatic carbocycles. The van der Waals surface area contributed by atoms with Gasteiger partial charge in [0.05, 0.1) is 12.0 Å². The number of esters is 1. The molecule has 0 aliphatic carbocycles. The van der Waals surface area contributed by atoms with Crippen LogP contribution in [0.1, 0.15) is 38.4 Å². The second kappa shape index (κ2) is 7.73. The zero-order chi connectivity index (χ0) is 20.5. The highest BCUT2D eigenvalue weighted by atomic mass is 16.5. The van der Waals surface area contributed by atoms with Crippen LogP contribution in [0.5, 0.6) is 0 Å². The smallest absolute Gasteiger partial charge is 0.314 e. The Morgan fingerprint density at radius 1 is 1.36 bits per heavy atom. The lowest BCUT2D eigenvalue weighted by Gasteiger charge is -2.31. The zero-order valence-electron chi connectivity index (χ0n) is 17.2. The Hall–Kier alpha value is -2.70. The summed E-state index contributed by atoms with van der Waals surface area (Å²) < 4.78 is 5.36. The minimum Gasteiger partial charge on any atom is -0.466 e. The molecule has 1 fully saturated rings. The fourth-order valence-corrected chi connectivity index (χ4v) is 3.67. The van der Waals surface area contributed by atoms with Gasteiger partial charge in [0.15, 0.2) is 0 Å². The highest BCUT2D eigenvalue weighted by Gasteiger charge is 2.48. The van der Waals surface area contributed by atoms with E-state index in [4.69, 9.17) is 4.74 Å². The van der Waals surface area contributed by atoms with E-state index < -0.39 is 5.41 Å². The van der Waals surface area contributed by atoms with Crippen molar-refractivity contribution in [1.82, 2.24) is 15.0 Å². The van der Waals surface area contributed by atoms with Crippen LogP contribution in [0.3, 0.4) is 0 Å². The van der Waals surface area contributed by atoms with E-state index in [1.807, 2.05) is 26.0 Å². The van der Waals surface area contributed by atoms with Crippen molar-refractivity contribution in [3.63, 3.8) is 0 Å². The average Bonchev–Trinajstić information content (AvgIpc) is 3.13. The van der Waals surface area contributed by atoms with Gasteiger partial charge in [0.2, 0.25) is 0 Å². The Morgan fingerprint density at radius 3 is 2.68 bits per heavy atom. The van der Waals surface area contributed by atoms with Gasteiger partial charge in [-0.15, -0.1) is 0 Å². The first-order chi connectivity index (χ1) is 13.3. The van der Waals surface area contributed by atoms with Crippen LogP contribution in [0.25, 0.3) is 11.4 Å². The molecule has 2 aromatic heterocycles. The molecule has 150 valence electrons. The van der Waals surface area contributed by atoms with E-state index in [0.717, 1.165) is 24.3 Å². The second-order valence-corrected chi connectivity index (χ2v) is 7.73. The molecule has 2 aromatic rings. The van der Waals surface area contributed by atoms with Crippen molar-refractivity contribution in [3.8, 4) is 11.4 Å². The summed E-state index contributed by atoms with van der Waals surface area (Å²) in [4.78, 5) is 38.5. The fraction of sp³-hybridized carbons (Fsp3) is 0.524. The Balaban J connectivity index is 1.83. The van der Waals surface area contributed by atoms with Crippen molar-refractivity contribution in [2.75, 3.05) is 24.6 Å².